The highest BCUT2D eigenvalue weighted by atomic mass is 32.2. The molecule has 4 heteroatoms. The Labute approximate surface area is 126 Å². The van der Waals surface area contributed by atoms with Gasteiger partial charge in [-0.25, -0.2) is 0 Å². The first-order valence-electron chi connectivity index (χ1n) is 6.40. The molecular formula is C16H15NOS2+2. The Hall–Kier alpha value is -1.65. The molecule has 2 N–H and O–H groups in total. The van der Waals surface area contributed by atoms with E-state index in [0.717, 1.165) is 27.0 Å². The van der Waals surface area contributed by atoms with Crippen molar-refractivity contribution in [3.8, 4) is 0 Å². The molecule has 0 amide bonds. The van der Waals surface area contributed by atoms with Crippen LogP contribution < -0.4 is 5.16 Å². The molecule has 0 aliphatic carbocycles. The molecule has 3 rings (SSSR count). The van der Waals surface area contributed by atoms with Gasteiger partial charge in [-0.3, -0.25) is 5.21 Å². The van der Waals surface area contributed by atoms with E-state index in [4.69, 9.17) is 0 Å². The molecule has 0 radical (unpaired) electrons. The van der Waals surface area contributed by atoms with Gasteiger partial charge in [0.15, 0.2) is 0 Å². The Bertz CT molecular complexity index is 665. The Kier molecular flexibility index (Phi) is 4.14. The van der Waals surface area contributed by atoms with Crippen molar-refractivity contribution in [1.82, 2.24) is 0 Å². The highest BCUT2D eigenvalue weighted by molar-refractivity contribution is 8.24. The first-order chi connectivity index (χ1) is 9.88. The van der Waals surface area contributed by atoms with Gasteiger partial charge >= 0.3 is 9.91 Å². The maximum absolute atomic E-state index is 9.47. The van der Waals surface area contributed by atoms with Gasteiger partial charge in [-0.05, 0) is 16.8 Å². The van der Waals surface area contributed by atoms with Crippen molar-refractivity contribution in [3.63, 3.8) is 0 Å². The summed E-state index contributed by atoms with van der Waals surface area (Å²) in [4.78, 5) is 0. The third-order valence-electron chi connectivity index (χ3n) is 3.17. The molecule has 2 aromatic carbocycles. The first-order valence-corrected chi connectivity index (χ1v) is 8.38. The summed E-state index contributed by atoms with van der Waals surface area (Å²) in [6, 6.07) is 18.6. The van der Waals surface area contributed by atoms with Gasteiger partial charge in [-0.2, -0.15) is 0 Å². The lowest BCUT2D eigenvalue weighted by Gasteiger charge is -2.05. The third-order valence-corrected chi connectivity index (χ3v) is 5.75. The lowest BCUT2D eigenvalue weighted by molar-refractivity contribution is -0.735. The molecule has 0 saturated heterocycles. The molecule has 0 unspecified atom stereocenters. The second-order valence-corrected chi connectivity index (χ2v) is 6.72. The molecule has 0 fully saturated rings. The van der Waals surface area contributed by atoms with Crippen molar-refractivity contribution in [2.24, 2.45) is 0 Å². The molecule has 1 aliphatic heterocycles. The van der Waals surface area contributed by atoms with Gasteiger partial charge in [0, 0.05) is 11.3 Å². The minimum absolute atomic E-state index is 0.831. The molecule has 0 spiro atoms. The third kappa shape index (κ3) is 2.76. The van der Waals surface area contributed by atoms with Crippen LogP contribution in [0.1, 0.15) is 16.7 Å². The molecule has 20 heavy (non-hydrogen) atoms. The topological polar surface area (TPSA) is 34.2 Å². The number of rotatable bonds is 2. The number of nitrogens with one attached hydrogen (secondary N) is 1. The number of thioether (sulfide) groups is 1. The monoisotopic (exact) mass is 301 g/mol. The van der Waals surface area contributed by atoms with Gasteiger partial charge in [-0.15, -0.1) is 0 Å². The van der Waals surface area contributed by atoms with Crippen LogP contribution in [0.15, 0.2) is 54.6 Å². The maximum atomic E-state index is 9.47. The van der Waals surface area contributed by atoms with Gasteiger partial charge in [0.05, 0.1) is 5.56 Å². The van der Waals surface area contributed by atoms with Gasteiger partial charge in [-0.1, -0.05) is 60.3 Å². The molecule has 2 nitrogen and oxygen atoms in total. The minimum Gasteiger partial charge on any atom is -0.292 e. The molecule has 1 heterocycles. The molecule has 2 aromatic rings. The summed E-state index contributed by atoms with van der Waals surface area (Å²) in [5.41, 5.74) is 4.49. The Morgan fingerprint density at radius 3 is 2.60 bits per heavy atom. The van der Waals surface area contributed by atoms with Crippen LogP contribution in [0, 0.1) is 0 Å². The van der Waals surface area contributed by atoms with Crippen LogP contribution in [0.25, 0.3) is 0 Å². The first kappa shape index (κ1) is 13.3. The van der Waals surface area contributed by atoms with E-state index < -0.39 is 0 Å². The summed E-state index contributed by atoms with van der Waals surface area (Å²) in [6.45, 7) is 0. The van der Waals surface area contributed by atoms with E-state index in [-0.39, 0.29) is 0 Å². The highest BCUT2D eigenvalue weighted by Crippen LogP contribution is 2.21. The molecule has 0 bridgehead atoms. The SMILES string of the molecule is O/[NH+]=C1/C(SCc2ccccc2)=[S+]Cc2ccccc21. The molecule has 0 saturated carbocycles. The summed E-state index contributed by atoms with van der Waals surface area (Å²) in [6.07, 6.45) is 0. The molecule has 1 aliphatic rings. The fourth-order valence-electron chi connectivity index (χ4n) is 2.16. The number of hydrogen-bond donors (Lipinski definition) is 2. The lowest BCUT2D eigenvalue weighted by Crippen LogP contribution is -2.71. The smallest absolute Gasteiger partial charge is 0.292 e. The van der Waals surface area contributed by atoms with Crippen molar-refractivity contribution in [1.29, 1.82) is 0 Å². The van der Waals surface area contributed by atoms with Crippen LogP contribution >= 0.6 is 11.8 Å². The molecule has 0 aromatic heterocycles. The van der Waals surface area contributed by atoms with Crippen LogP contribution in [0.2, 0.25) is 0 Å². The quantitative estimate of drug-likeness (QED) is 0.382. The second-order valence-electron chi connectivity index (χ2n) is 4.49. The van der Waals surface area contributed by atoms with E-state index >= 15 is 0 Å². The fraction of sp³-hybridized carbons (Fsp3) is 0.125. The molecule has 100 valence electrons. The predicted octanol–water partition coefficient (Wildman–Crippen LogP) is 1.60. The predicted molar refractivity (Wildman–Crippen MR) is 87.1 cm³/mol. The number of hydrogen-bond acceptors (Lipinski definition) is 2. The van der Waals surface area contributed by atoms with Gasteiger partial charge in [0.1, 0.15) is 0 Å². The average Bonchev–Trinajstić information content (AvgIpc) is 2.53. The minimum atomic E-state index is 0.831. The van der Waals surface area contributed by atoms with E-state index in [9.17, 15) is 5.21 Å². The summed E-state index contributed by atoms with van der Waals surface area (Å²) >= 11 is 3.54. The highest BCUT2D eigenvalue weighted by Gasteiger charge is 2.34. The van der Waals surface area contributed by atoms with Gasteiger partial charge in [0.2, 0.25) is 17.1 Å². The number of fused-ring (bicyclic) bond motifs is 1. The standard InChI is InChI=1S/C16H13NOS2/c18-17-15-14-9-5-4-8-13(14)11-20-16(15)19-10-12-6-2-1-3-7-12/h1-9H,10-11H2/p+2/b17-15+. The van der Waals surface area contributed by atoms with E-state index in [2.05, 4.69) is 41.6 Å². The fourth-order valence-corrected chi connectivity index (χ4v) is 4.47. The summed E-state index contributed by atoms with van der Waals surface area (Å²) in [5.74, 6) is 1.87. The second kappa shape index (κ2) is 6.20. The van der Waals surface area contributed by atoms with E-state index in [1.54, 1.807) is 23.1 Å². The van der Waals surface area contributed by atoms with Crippen LogP contribution in [-0.2, 0) is 22.9 Å². The number of benzene rings is 2. The summed E-state index contributed by atoms with van der Waals surface area (Å²) in [5, 5.41) is 11.9. The van der Waals surface area contributed by atoms with Crippen molar-refractivity contribution < 1.29 is 10.4 Å². The van der Waals surface area contributed by atoms with Crippen LogP contribution in [0.4, 0.5) is 0 Å². The molecular weight excluding hydrogens is 286 g/mol. The zero-order valence-corrected chi connectivity index (χ0v) is 12.5. The Morgan fingerprint density at radius 1 is 1.05 bits per heavy atom. The molecule has 0 atom stereocenters. The van der Waals surface area contributed by atoms with Crippen molar-refractivity contribution in [2.45, 2.75) is 11.5 Å². The van der Waals surface area contributed by atoms with Crippen molar-refractivity contribution >= 4 is 33.0 Å². The van der Waals surface area contributed by atoms with Crippen LogP contribution in [0.3, 0.4) is 0 Å². The zero-order chi connectivity index (χ0) is 13.8. The average molecular weight is 301 g/mol. The van der Waals surface area contributed by atoms with E-state index in [1.165, 1.54) is 11.1 Å². The van der Waals surface area contributed by atoms with Crippen LogP contribution in [0.5, 0.6) is 0 Å². The van der Waals surface area contributed by atoms with Crippen LogP contribution in [-0.4, -0.2) is 15.1 Å². The Morgan fingerprint density at radius 2 is 1.80 bits per heavy atom. The largest absolute Gasteiger partial charge is 0.334 e. The normalized spacial score (nSPS) is 15.8. The lowest BCUT2D eigenvalue weighted by atomic mass is 10.1. The van der Waals surface area contributed by atoms with E-state index in [0.29, 0.717) is 0 Å². The maximum Gasteiger partial charge on any atom is 0.334 e. The van der Waals surface area contributed by atoms with Crippen molar-refractivity contribution in [3.05, 3.63) is 71.3 Å². The summed E-state index contributed by atoms with van der Waals surface area (Å²) in [7, 11) is 0. The Balaban J connectivity index is 1.80. The van der Waals surface area contributed by atoms with Gasteiger partial charge < -0.3 is 0 Å². The van der Waals surface area contributed by atoms with Crippen molar-refractivity contribution in [2.75, 3.05) is 0 Å². The van der Waals surface area contributed by atoms with E-state index in [1.807, 2.05) is 18.2 Å². The van der Waals surface area contributed by atoms with Gasteiger partial charge in [0.25, 0.3) is 0 Å². The summed E-state index contributed by atoms with van der Waals surface area (Å²) < 4.78 is 1.15. The zero-order valence-electron chi connectivity index (χ0n) is 10.9.